The average Bonchev–Trinajstić information content (AvgIpc) is 2.32. The number of rotatable bonds is 2. The van der Waals surface area contributed by atoms with Gasteiger partial charge < -0.3 is 15.6 Å². The molecule has 0 amide bonds. The number of benzene rings is 2. The molecule has 3 N–H and O–H groups in total. The number of hydrogen-bond donors (Lipinski definition) is 2. The molecule has 0 bridgehead atoms. The second-order valence-corrected chi connectivity index (χ2v) is 3.98. The van der Waals surface area contributed by atoms with Crippen LogP contribution in [0.15, 0.2) is 42.5 Å². The summed E-state index contributed by atoms with van der Waals surface area (Å²) in [7, 11) is 0. The Hall–Kier alpha value is -2.49. The van der Waals surface area contributed by atoms with E-state index in [1.54, 1.807) is 12.1 Å². The SMILES string of the molecule is Cc1ccc(OC(=O)c2ccc(N)cc2O)cc1. The zero-order chi connectivity index (χ0) is 13.1. The molecule has 0 spiro atoms. The van der Waals surface area contributed by atoms with Gasteiger partial charge in [0.2, 0.25) is 0 Å². The van der Waals surface area contributed by atoms with Gasteiger partial charge in [0.25, 0.3) is 0 Å². The number of anilines is 1. The van der Waals surface area contributed by atoms with E-state index in [1.807, 2.05) is 19.1 Å². The fourth-order valence-corrected chi connectivity index (χ4v) is 1.49. The minimum Gasteiger partial charge on any atom is -0.507 e. The highest BCUT2D eigenvalue weighted by Gasteiger charge is 2.13. The van der Waals surface area contributed by atoms with E-state index in [2.05, 4.69) is 0 Å². The first kappa shape index (κ1) is 12.0. The van der Waals surface area contributed by atoms with E-state index in [4.69, 9.17) is 10.5 Å². The van der Waals surface area contributed by atoms with E-state index in [1.165, 1.54) is 18.2 Å². The van der Waals surface area contributed by atoms with E-state index >= 15 is 0 Å². The van der Waals surface area contributed by atoms with Crippen LogP contribution in [-0.2, 0) is 0 Å². The van der Waals surface area contributed by atoms with Crippen molar-refractivity contribution in [3.05, 3.63) is 53.6 Å². The Balaban J connectivity index is 2.19. The molecule has 2 aromatic carbocycles. The lowest BCUT2D eigenvalue weighted by atomic mass is 10.2. The molecule has 4 nitrogen and oxygen atoms in total. The van der Waals surface area contributed by atoms with Gasteiger partial charge in [0, 0.05) is 11.8 Å². The Morgan fingerprint density at radius 1 is 1.17 bits per heavy atom. The van der Waals surface area contributed by atoms with Crippen molar-refractivity contribution in [2.75, 3.05) is 5.73 Å². The van der Waals surface area contributed by atoms with Crippen molar-refractivity contribution in [1.82, 2.24) is 0 Å². The third-order valence-electron chi connectivity index (χ3n) is 2.47. The molecular formula is C14H13NO3. The second kappa shape index (κ2) is 4.79. The van der Waals surface area contributed by atoms with Gasteiger partial charge in [-0.15, -0.1) is 0 Å². The molecule has 0 aliphatic rings. The maximum atomic E-state index is 11.8. The first-order chi connectivity index (χ1) is 8.56. The zero-order valence-electron chi connectivity index (χ0n) is 9.88. The van der Waals surface area contributed by atoms with E-state index in [0.717, 1.165) is 5.56 Å². The van der Waals surface area contributed by atoms with Gasteiger partial charge in [0.05, 0.1) is 0 Å². The Bertz CT molecular complexity index is 576. The van der Waals surface area contributed by atoms with Crippen LogP contribution in [0, 0.1) is 6.92 Å². The number of phenolic OH excluding ortho intramolecular Hbond substituents is 1. The van der Waals surface area contributed by atoms with Gasteiger partial charge in [-0.3, -0.25) is 0 Å². The van der Waals surface area contributed by atoms with Gasteiger partial charge in [-0.25, -0.2) is 4.79 Å². The van der Waals surface area contributed by atoms with Crippen LogP contribution in [0.1, 0.15) is 15.9 Å². The highest BCUT2D eigenvalue weighted by molar-refractivity contribution is 5.94. The quantitative estimate of drug-likeness (QED) is 0.483. The molecule has 0 aliphatic carbocycles. The van der Waals surface area contributed by atoms with Crippen molar-refractivity contribution in [3.8, 4) is 11.5 Å². The first-order valence-corrected chi connectivity index (χ1v) is 5.43. The zero-order valence-corrected chi connectivity index (χ0v) is 9.88. The van der Waals surface area contributed by atoms with Crippen molar-refractivity contribution >= 4 is 11.7 Å². The number of aryl methyl sites for hydroxylation is 1. The number of ether oxygens (including phenoxy) is 1. The summed E-state index contributed by atoms with van der Waals surface area (Å²) in [5.74, 6) is -0.370. The summed E-state index contributed by atoms with van der Waals surface area (Å²) in [5.41, 5.74) is 7.04. The fourth-order valence-electron chi connectivity index (χ4n) is 1.49. The van der Waals surface area contributed by atoms with Crippen LogP contribution in [-0.4, -0.2) is 11.1 Å². The van der Waals surface area contributed by atoms with Crippen molar-refractivity contribution in [2.24, 2.45) is 0 Å². The standard InChI is InChI=1S/C14H13NO3/c1-9-2-5-11(6-3-9)18-14(17)12-7-4-10(15)8-13(12)16/h2-8,16H,15H2,1H3. The van der Waals surface area contributed by atoms with Gasteiger partial charge in [0.15, 0.2) is 0 Å². The van der Waals surface area contributed by atoms with Gasteiger partial charge in [0.1, 0.15) is 17.1 Å². The van der Waals surface area contributed by atoms with Crippen LogP contribution in [0.3, 0.4) is 0 Å². The summed E-state index contributed by atoms with van der Waals surface area (Å²) < 4.78 is 5.14. The number of esters is 1. The first-order valence-electron chi connectivity index (χ1n) is 5.43. The Kier molecular flexibility index (Phi) is 3.19. The number of nitrogens with two attached hydrogens (primary N) is 1. The summed E-state index contributed by atoms with van der Waals surface area (Å²) in [6, 6.07) is 11.3. The lowest BCUT2D eigenvalue weighted by Gasteiger charge is -2.06. The minimum atomic E-state index is -0.614. The molecule has 0 atom stereocenters. The molecule has 18 heavy (non-hydrogen) atoms. The smallest absolute Gasteiger partial charge is 0.347 e. The number of carbonyl (C=O) groups is 1. The summed E-state index contributed by atoms with van der Waals surface area (Å²) in [6.07, 6.45) is 0. The predicted molar refractivity (Wildman–Crippen MR) is 68.7 cm³/mol. The summed E-state index contributed by atoms with van der Waals surface area (Å²) in [5, 5.41) is 9.60. The van der Waals surface area contributed by atoms with Crippen LogP contribution in [0.25, 0.3) is 0 Å². The number of aromatic hydroxyl groups is 1. The van der Waals surface area contributed by atoms with Crippen LogP contribution in [0.2, 0.25) is 0 Å². The number of carbonyl (C=O) groups excluding carboxylic acids is 1. The van der Waals surface area contributed by atoms with Crippen LogP contribution < -0.4 is 10.5 Å². The molecule has 0 heterocycles. The molecule has 0 saturated heterocycles. The van der Waals surface area contributed by atoms with Gasteiger partial charge in [-0.2, -0.15) is 0 Å². The van der Waals surface area contributed by atoms with Gasteiger partial charge >= 0.3 is 5.97 Å². The molecule has 4 heteroatoms. The maximum Gasteiger partial charge on any atom is 0.347 e. The molecule has 0 unspecified atom stereocenters. The Morgan fingerprint density at radius 3 is 2.44 bits per heavy atom. The molecule has 2 rings (SSSR count). The second-order valence-electron chi connectivity index (χ2n) is 3.98. The number of phenols is 1. The van der Waals surface area contributed by atoms with Crippen LogP contribution in [0.4, 0.5) is 5.69 Å². The van der Waals surface area contributed by atoms with E-state index in [0.29, 0.717) is 11.4 Å². The largest absolute Gasteiger partial charge is 0.507 e. The molecule has 0 saturated carbocycles. The molecule has 2 aromatic rings. The monoisotopic (exact) mass is 243 g/mol. The molecular weight excluding hydrogens is 230 g/mol. The lowest BCUT2D eigenvalue weighted by Crippen LogP contribution is -2.08. The van der Waals surface area contributed by atoms with E-state index < -0.39 is 5.97 Å². The average molecular weight is 243 g/mol. The van der Waals surface area contributed by atoms with Crippen LogP contribution in [0.5, 0.6) is 11.5 Å². The molecule has 92 valence electrons. The topological polar surface area (TPSA) is 72.5 Å². The summed E-state index contributed by atoms with van der Waals surface area (Å²) in [6.45, 7) is 1.94. The lowest BCUT2D eigenvalue weighted by molar-refractivity contribution is 0.0731. The molecule has 0 fully saturated rings. The predicted octanol–water partition coefficient (Wildman–Crippen LogP) is 2.50. The van der Waals surface area contributed by atoms with Crippen molar-refractivity contribution < 1.29 is 14.6 Å². The highest BCUT2D eigenvalue weighted by Crippen LogP contribution is 2.22. The number of hydrogen-bond acceptors (Lipinski definition) is 4. The van der Waals surface area contributed by atoms with Gasteiger partial charge in [-0.05, 0) is 31.2 Å². The third kappa shape index (κ3) is 2.60. The minimum absolute atomic E-state index is 0.0878. The molecule has 0 aromatic heterocycles. The van der Waals surface area contributed by atoms with Gasteiger partial charge in [-0.1, -0.05) is 17.7 Å². The number of nitrogen functional groups attached to an aromatic ring is 1. The van der Waals surface area contributed by atoms with Crippen molar-refractivity contribution in [1.29, 1.82) is 0 Å². The molecule has 0 radical (unpaired) electrons. The third-order valence-corrected chi connectivity index (χ3v) is 2.47. The van der Waals surface area contributed by atoms with Crippen molar-refractivity contribution in [2.45, 2.75) is 6.92 Å². The Labute approximate surface area is 105 Å². The van der Waals surface area contributed by atoms with Crippen molar-refractivity contribution in [3.63, 3.8) is 0 Å². The fraction of sp³-hybridized carbons (Fsp3) is 0.0714. The van der Waals surface area contributed by atoms with Crippen LogP contribution >= 0.6 is 0 Å². The summed E-state index contributed by atoms with van der Waals surface area (Å²) >= 11 is 0. The summed E-state index contributed by atoms with van der Waals surface area (Å²) in [4.78, 5) is 11.8. The Morgan fingerprint density at radius 2 is 1.83 bits per heavy atom. The maximum absolute atomic E-state index is 11.8. The van der Waals surface area contributed by atoms with E-state index in [9.17, 15) is 9.90 Å². The molecule has 0 aliphatic heterocycles. The highest BCUT2D eigenvalue weighted by atomic mass is 16.5. The normalized spacial score (nSPS) is 10.1. The van der Waals surface area contributed by atoms with E-state index in [-0.39, 0.29) is 11.3 Å².